The fourth-order valence-electron chi connectivity index (χ4n) is 1.03. The smallest absolute Gasteiger partial charge is 0.286 e. The third-order valence-electron chi connectivity index (χ3n) is 1.65. The second-order valence-corrected chi connectivity index (χ2v) is 2.88. The van der Waals surface area contributed by atoms with Crippen molar-refractivity contribution in [1.82, 2.24) is 0 Å². The molecule has 0 bridgehead atoms. The van der Waals surface area contributed by atoms with Crippen LogP contribution in [0.4, 0.5) is 0 Å². The summed E-state index contributed by atoms with van der Waals surface area (Å²) in [6.45, 7) is 5.09. The first kappa shape index (κ1) is 9.58. The van der Waals surface area contributed by atoms with Crippen LogP contribution in [-0.2, 0) is 9.68 Å². The molecule has 0 atom stereocenters. The molecule has 3 heteroatoms. The van der Waals surface area contributed by atoms with Gasteiger partial charge < -0.3 is 0 Å². The third kappa shape index (κ3) is 2.47. The highest BCUT2D eigenvalue weighted by Crippen LogP contribution is 2.22. The first-order chi connectivity index (χ1) is 6.11. The minimum Gasteiger partial charge on any atom is -0.286 e. The van der Waals surface area contributed by atoms with Gasteiger partial charge in [-0.3, -0.25) is 9.78 Å². The first-order valence-electron chi connectivity index (χ1n) is 4.02. The van der Waals surface area contributed by atoms with E-state index in [-0.39, 0.29) is 0 Å². The summed E-state index contributed by atoms with van der Waals surface area (Å²) < 4.78 is 0. The molecule has 1 aromatic rings. The molecular formula is C10H12O3. The Kier molecular flexibility index (Phi) is 2.90. The minimum absolute atomic E-state index is 0.456. The van der Waals surface area contributed by atoms with Gasteiger partial charge in [-0.15, -0.1) is 0 Å². The van der Waals surface area contributed by atoms with Crippen LogP contribution >= 0.6 is 0 Å². The van der Waals surface area contributed by atoms with E-state index in [0.717, 1.165) is 11.1 Å². The van der Waals surface area contributed by atoms with Gasteiger partial charge in [0.25, 0.3) is 0 Å². The van der Waals surface area contributed by atoms with Crippen molar-refractivity contribution >= 4 is 5.97 Å². The predicted octanol–water partition coefficient (Wildman–Crippen LogP) is 2.16. The average Bonchev–Trinajstić information content (AvgIpc) is 2.03. The highest BCUT2D eigenvalue weighted by Gasteiger charge is 2.05. The lowest BCUT2D eigenvalue weighted by Crippen LogP contribution is -2.04. The molecule has 0 saturated carbocycles. The molecule has 0 saturated heterocycles. The van der Waals surface area contributed by atoms with Crippen molar-refractivity contribution in [2.75, 3.05) is 0 Å². The van der Waals surface area contributed by atoms with Crippen LogP contribution in [0.3, 0.4) is 0 Å². The minimum atomic E-state index is -0.456. The number of benzene rings is 1. The summed E-state index contributed by atoms with van der Waals surface area (Å²) in [6, 6.07) is 5.71. The standard InChI is InChI=1S/C10H12O3/c1-7-5-4-6-8(2)10(7)13-12-9(3)11/h4-6H,1-3H3. The van der Waals surface area contributed by atoms with Crippen molar-refractivity contribution in [3.05, 3.63) is 29.3 Å². The highest BCUT2D eigenvalue weighted by atomic mass is 17.2. The van der Waals surface area contributed by atoms with E-state index in [2.05, 4.69) is 4.89 Å². The molecule has 1 aromatic carbocycles. The molecule has 0 aliphatic rings. The molecule has 0 unspecified atom stereocenters. The normalized spacial score (nSPS) is 9.46. The van der Waals surface area contributed by atoms with Crippen molar-refractivity contribution in [1.29, 1.82) is 0 Å². The Hall–Kier alpha value is -1.51. The SMILES string of the molecule is CC(=O)OOc1c(C)cccc1C. The van der Waals surface area contributed by atoms with Crippen molar-refractivity contribution < 1.29 is 14.6 Å². The molecular weight excluding hydrogens is 168 g/mol. The maximum atomic E-state index is 10.5. The first-order valence-corrected chi connectivity index (χ1v) is 4.02. The van der Waals surface area contributed by atoms with Crippen LogP contribution in [0.2, 0.25) is 0 Å². The summed E-state index contributed by atoms with van der Waals surface area (Å²) in [5.74, 6) is 0.153. The molecule has 1 rings (SSSR count). The van der Waals surface area contributed by atoms with E-state index in [1.165, 1.54) is 6.92 Å². The van der Waals surface area contributed by atoms with Gasteiger partial charge in [-0.05, 0) is 25.0 Å². The molecule has 70 valence electrons. The summed E-state index contributed by atoms with van der Waals surface area (Å²) in [6.07, 6.45) is 0. The Labute approximate surface area is 77.2 Å². The van der Waals surface area contributed by atoms with Gasteiger partial charge in [0.1, 0.15) is 0 Å². The largest absolute Gasteiger partial charge is 0.352 e. The summed E-state index contributed by atoms with van der Waals surface area (Å²) in [4.78, 5) is 19.8. The zero-order valence-corrected chi connectivity index (χ0v) is 7.96. The van der Waals surface area contributed by atoms with E-state index in [9.17, 15) is 4.79 Å². The molecule has 0 aliphatic heterocycles. The van der Waals surface area contributed by atoms with Gasteiger partial charge in [0.2, 0.25) is 0 Å². The van der Waals surface area contributed by atoms with Crippen LogP contribution in [0.1, 0.15) is 18.1 Å². The lowest BCUT2D eigenvalue weighted by molar-refractivity contribution is -0.211. The van der Waals surface area contributed by atoms with E-state index in [4.69, 9.17) is 4.89 Å². The van der Waals surface area contributed by atoms with E-state index < -0.39 is 5.97 Å². The number of carbonyl (C=O) groups is 1. The fourth-order valence-corrected chi connectivity index (χ4v) is 1.03. The number of hydrogen-bond donors (Lipinski definition) is 0. The van der Waals surface area contributed by atoms with Crippen LogP contribution in [0.25, 0.3) is 0 Å². The van der Waals surface area contributed by atoms with E-state index in [1.807, 2.05) is 32.0 Å². The van der Waals surface area contributed by atoms with E-state index in [1.54, 1.807) is 0 Å². The van der Waals surface area contributed by atoms with E-state index >= 15 is 0 Å². The van der Waals surface area contributed by atoms with Gasteiger partial charge in [0.15, 0.2) is 5.75 Å². The second kappa shape index (κ2) is 3.94. The Balaban J connectivity index is 2.81. The Morgan fingerprint density at radius 1 is 1.23 bits per heavy atom. The topological polar surface area (TPSA) is 35.5 Å². The number of aryl methyl sites for hydroxylation is 2. The van der Waals surface area contributed by atoms with Crippen molar-refractivity contribution in [2.24, 2.45) is 0 Å². The molecule has 0 radical (unpaired) electrons. The van der Waals surface area contributed by atoms with Crippen LogP contribution in [0.15, 0.2) is 18.2 Å². The number of rotatable bonds is 2. The lowest BCUT2D eigenvalue weighted by Gasteiger charge is -2.07. The maximum absolute atomic E-state index is 10.5. The van der Waals surface area contributed by atoms with Gasteiger partial charge in [0.05, 0.1) is 0 Å². The van der Waals surface area contributed by atoms with Crippen molar-refractivity contribution in [3.8, 4) is 5.75 Å². The van der Waals surface area contributed by atoms with Gasteiger partial charge in [0, 0.05) is 6.92 Å². The molecule has 0 aromatic heterocycles. The van der Waals surface area contributed by atoms with Crippen LogP contribution in [0.5, 0.6) is 5.75 Å². The monoisotopic (exact) mass is 180 g/mol. The maximum Gasteiger partial charge on any atom is 0.352 e. The second-order valence-electron chi connectivity index (χ2n) is 2.88. The number of carbonyl (C=O) groups excluding carboxylic acids is 1. The number of para-hydroxylation sites is 1. The van der Waals surface area contributed by atoms with Crippen LogP contribution < -0.4 is 4.89 Å². The number of hydrogen-bond acceptors (Lipinski definition) is 3. The zero-order chi connectivity index (χ0) is 9.84. The molecule has 0 N–H and O–H groups in total. The molecule has 0 heterocycles. The van der Waals surface area contributed by atoms with Gasteiger partial charge in [-0.25, -0.2) is 4.79 Å². The highest BCUT2D eigenvalue weighted by molar-refractivity contribution is 5.65. The molecule has 0 fully saturated rings. The molecule has 13 heavy (non-hydrogen) atoms. The summed E-state index contributed by atoms with van der Waals surface area (Å²) in [7, 11) is 0. The van der Waals surface area contributed by atoms with Crippen LogP contribution in [-0.4, -0.2) is 5.97 Å². The summed E-state index contributed by atoms with van der Waals surface area (Å²) in [5, 5.41) is 0. The zero-order valence-electron chi connectivity index (χ0n) is 7.96. The fraction of sp³-hybridized carbons (Fsp3) is 0.300. The van der Waals surface area contributed by atoms with Crippen molar-refractivity contribution in [3.63, 3.8) is 0 Å². The van der Waals surface area contributed by atoms with Gasteiger partial charge in [-0.1, -0.05) is 18.2 Å². The molecule has 3 nitrogen and oxygen atoms in total. The Bertz CT molecular complexity index is 298. The summed E-state index contributed by atoms with van der Waals surface area (Å²) >= 11 is 0. The molecule has 0 amide bonds. The van der Waals surface area contributed by atoms with Gasteiger partial charge >= 0.3 is 5.97 Å². The Morgan fingerprint density at radius 3 is 2.23 bits per heavy atom. The average molecular weight is 180 g/mol. The summed E-state index contributed by atoms with van der Waals surface area (Å²) in [5.41, 5.74) is 1.89. The third-order valence-corrected chi connectivity index (χ3v) is 1.65. The predicted molar refractivity (Wildman–Crippen MR) is 48.3 cm³/mol. The van der Waals surface area contributed by atoms with E-state index in [0.29, 0.717) is 5.75 Å². The van der Waals surface area contributed by atoms with Crippen LogP contribution in [0, 0.1) is 13.8 Å². The Morgan fingerprint density at radius 2 is 1.77 bits per heavy atom. The molecule has 0 aliphatic carbocycles. The molecule has 0 spiro atoms. The quantitative estimate of drug-likeness (QED) is 0.516. The van der Waals surface area contributed by atoms with Gasteiger partial charge in [-0.2, -0.15) is 0 Å². The van der Waals surface area contributed by atoms with Crippen molar-refractivity contribution in [2.45, 2.75) is 20.8 Å². The lowest BCUT2D eigenvalue weighted by atomic mass is 10.1.